The van der Waals surface area contributed by atoms with Crippen LogP contribution < -0.4 is 10.0 Å². The Morgan fingerprint density at radius 3 is 2.05 bits per heavy atom. The Morgan fingerprint density at radius 1 is 0.952 bits per heavy atom. The largest absolute Gasteiger partial charge is 0.382 e. The Bertz CT molecular complexity index is 518. The van der Waals surface area contributed by atoms with Gasteiger partial charge in [-0.25, -0.2) is 8.42 Å². The summed E-state index contributed by atoms with van der Waals surface area (Å²) in [4.78, 5) is 0. The van der Waals surface area contributed by atoms with E-state index in [9.17, 15) is 8.42 Å². The summed E-state index contributed by atoms with van der Waals surface area (Å²) in [7, 11) is -3.19. The Kier molecular flexibility index (Phi) is 5.91. The Labute approximate surface area is 128 Å². The molecule has 1 saturated carbocycles. The summed E-state index contributed by atoms with van der Waals surface area (Å²) in [5.41, 5.74) is 1.69. The van der Waals surface area contributed by atoms with Crippen molar-refractivity contribution in [1.29, 1.82) is 0 Å². The highest BCUT2D eigenvalue weighted by Crippen LogP contribution is 2.22. The molecule has 0 radical (unpaired) electrons. The number of sulfonamides is 1. The van der Waals surface area contributed by atoms with Gasteiger partial charge in [0.1, 0.15) is 0 Å². The van der Waals surface area contributed by atoms with Gasteiger partial charge in [0.25, 0.3) is 0 Å². The van der Waals surface area contributed by atoms with E-state index in [1.54, 1.807) is 6.92 Å². The number of anilines is 2. The topological polar surface area (TPSA) is 58.2 Å². The van der Waals surface area contributed by atoms with E-state index in [1.807, 2.05) is 24.3 Å². The third kappa shape index (κ3) is 5.58. The molecular formula is C16H26N2O2S. The maximum atomic E-state index is 11.5. The van der Waals surface area contributed by atoms with Gasteiger partial charge in [-0.05, 0) is 44.0 Å². The molecule has 0 bridgehead atoms. The predicted molar refractivity (Wildman–Crippen MR) is 89.3 cm³/mol. The standard InChI is InChI=1S/C16H26N2O2S/c1-2-21(19,20)18-16-12-10-15(11-13-16)17-14-8-6-4-3-5-7-9-14/h10-14,17-18H,2-9H2,1H3. The molecule has 0 saturated heterocycles. The highest BCUT2D eigenvalue weighted by atomic mass is 32.2. The lowest BCUT2D eigenvalue weighted by atomic mass is 9.96. The fraction of sp³-hybridized carbons (Fsp3) is 0.625. The minimum atomic E-state index is -3.19. The average molecular weight is 310 g/mol. The van der Waals surface area contributed by atoms with E-state index < -0.39 is 10.0 Å². The molecule has 2 rings (SSSR count). The molecule has 4 nitrogen and oxygen atoms in total. The molecule has 0 unspecified atom stereocenters. The van der Waals surface area contributed by atoms with E-state index in [1.165, 1.54) is 44.9 Å². The number of benzene rings is 1. The summed E-state index contributed by atoms with van der Waals surface area (Å²) in [6.45, 7) is 1.63. The third-order valence-corrected chi connectivity index (χ3v) is 5.32. The monoisotopic (exact) mass is 310 g/mol. The summed E-state index contributed by atoms with van der Waals surface area (Å²) < 4.78 is 25.6. The van der Waals surface area contributed by atoms with Gasteiger partial charge in [0.2, 0.25) is 10.0 Å². The number of rotatable bonds is 5. The van der Waals surface area contributed by atoms with Gasteiger partial charge in [0.15, 0.2) is 0 Å². The number of hydrogen-bond donors (Lipinski definition) is 2. The van der Waals surface area contributed by atoms with Crippen molar-refractivity contribution >= 4 is 21.4 Å². The summed E-state index contributed by atoms with van der Waals surface area (Å²) in [5, 5.41) is 3.58. The van der Waals surface area contributed by atoms with Gasteiger partial charge >= 0.3 is 0 Å². The van der Waals surface area contributed by atoms with Crippen molar-refractivity contribution in [2.45, 2.75) is 57.9 Å². The molecule has 0 spiro atoms. The van der Waals surface area contributed by atoms with Gasteiger partial charge in [-0.3, -0.25) is 4.72 Å². The van der Waals surface area contributed by atoms with Crippen LogP contribution in [0.15, 0.2) is 24.3 Å². The molecule has 0 aromatic heterocycles. The minimum Gasteiger partial charge on any atom is -0.382 e. The summed E-state index contributed by atoms with van der Waals surface area (Å²) in [6, 6.07) is 8.08. The molecule has 118 valence electrons. The number of hydrogen-bond acceptors (Lipinski definition) is 3. The molecule has 2 N–H and O–H groups in total. The second kappa shape index (κ2) is 7.69. The first-order chi connectivity index (χ1) is 10.1. The lowest BCUT2D eigenvalue weighted by Crippen LogP contribution is -2.20. The lowest BCUT2D eigenvalue weighted by Gasteiger charge is -2.22. The maximum Gasteiger partial charge on any atom is 0.232 e. The Morgan fingerprint density at radius 2 is 1.48 bits per heavy atom. The molecule has 5 heteroatoms. The van der Waals surface area contributed by atoms with Crippen LogP contribution in [0.3, 0.4) is 0 Å². The smallest absolute Gasteiger partial charge is 0.232 e. The predicted octanol–water partition coefficient (Wildman–Crippen LogP) is 3.97. The van der Waals surface area contributed by atoms with E-state index in [4.69, 9.17) is 0 Å². The first-order valence-corrected chi connectivity index (χ1v) is 9.61. The van der Waals surface area contributed by atoms with Crippen LogP contribution in [0, 0.1) is 0 Å². The molecule has 21 heavy (non-hydrogen) atoms. The summed E-state index contributed by atoms with van der Waals surface area (Å²) >= 11 is 0. The van der Waals surface area contributed by atoms with Crippen LogP contribution in [0.25, 0.3) is 0 Å². The van der Waals surface area contributed by atoms with Gasteiger partial charge in [0.05, 0.1) is 5.75 Å². The zero-order valence-electron chi connectivity index (χ0n) is 12.8. The molecule has 0 heterocycles. The van der Waals surface area contributed by atoms with Crippen LogP contribution in [-0.2, 0) is 10.0 Å². The van der Waals surface area contributed by atoms with E-state index in [-0.39, 0.29) is 5.75 Å². The van der Waals surface area contributed by atoms with Crippen LogP contribution in [0.2, 0.25) is 0 Å². The molecule has 1 aliphatic carbocycles. The first kappa shape index (κ1) is 16.1. The Hall–Kier alpha value is -1.23. The molecule has 1 fully saturated rings. The summed E-state index contributed by atoms with van der Waals surface area (Å²) in [5.74, 6) is 0.0923. The van der Waals surface area contributed by atoms with Crippen molar-refractivity contribution in [2.75, 3.05) is 15.8 Å². The average Bonchev–Trinajstić information content (AvgIpc) is 2.43. The van der Waals surface area contributed by atoms with Crippen LogP contribution in [-0.4, -0.2) is 20.2 Å². The molecule has 1 aromatic rings. The van der Waals surface area contributed by atoms with Crippen LogP contribution in [0.1, 0.15) is 51.9 Å². The van der Waals surface area contributed by atoms with E-state index in [0.717, 1.165) is 5.69 Å². The van der Waals surface area contributed by atoms with Crippen LogP contribution in [0.5, 0.6) is 0 Å². The Balaban J connectivity index is 1.92. The second-order valence-electron chi connectivity index (χ2n) is 5.77. The second-order valence-corrected chi connectivity index (χ2v) is 7.78. The van der Waals surface area contributed by atoms with Crippen molar-refractivity contribution < 1.29 is 8.42 Å². The van der Waals surface area contributed by atoms with Crippen molar-refractivity contribution in [1.82, 2.24) is 0 Å². The fourth-order valence-electron chi connectivity index (χ4n) is 2.72. The maximum absolute atomic E-state index is 11.5. The quantitative estimate of drug-likeness (QED) is 0.865. The van der Waals surface area contributed by atoms with E-state index >= 15 is 0 Å². The molecule has 0 amide bonds. The highest BCUT2D eigenvalue weighted by molar-refractivity contribution is 7.92. The van der Waals surface area contributed by atoms with Gasteiger partial charge in [-0.2, -0.15) is 0 Å². The van der Waals surface area contributed by atoms with Crippen LogP contribution >= 0.6 is 0 Å². The fourth-order valence-corrected chi connectivity index (χ4v) is 3.36. The van der Waals surface area contributed by atoms with Gasteiger partial charge < -0.3 is 5.32 Å². The van der Waals surface area contributed by atoms with Gasteiger partial charge in [-0.15, -0.1) is 0 Å². The molecule has 0 aliphatic heterocycles. The SMILES string of the molecule is CCS(=O)(=O)Nc1ccc(NC2CCCCCCC2)cc1. The van der Waals surface area contributed by atoms with Crippen molar-refractivity contribution in [3.05, 3.63) is 24.3 Å². The van der Waals surface area contributed by atoms with Crippen molar-refractivity contribution in [3.63, 3.8) is 0 Å². The van der Waals surface area contributed by atoms with E-state index in [2.05, 4.69) is 10.0 Å². The summed E-state index contributed by atoms with van der Waals surface area (Å²) in [6.07, 6.45) is 9.11. The van der Waals surface area contributed by atoms with Crippen molar-refractivity contribution in [2.24, 2.45) is 0 Å². The lowest BCUT2D eigenvalue weighted by molar-refractivity contribution is 0.471. The number of nitrogens with one attached hydrogen (secondary N) is 2. The van der Waals surface area contributed by atoms with Gasteiger partial charge in [0, 0.05) is 17.4 Å². The first-order valence-electron chi connectivity index (χ1n) is 7.96. The van der Waals surface area contributed by atoms with Crippen molar-refractivity contribution in [3.8, 4) is 0 Å². The third-order valence-electron chi connectivity index (χ3n) is 4.01. The molecule has 1 aromatic carbocycles. The van der Waals surface area contributed by atoms with Gasteiger partial charge in [-0.1, -0.05) is 32.1 Å². The molecule has 1 aliphatic rings. The zero-order valence-corrected chi connectivity index (χ0v) is 13.6. The van der Waals surface area contributed by atoms with Crippen LogP contribution in [0.4, 0.5) is 11.4 Å². The molecule has 0 atom stereocenters. The minimum absolute atomic E-state index is 0.0923. The zero-order chi connectivity index (χ0) is 15.1. The van der Waals surface area contributed by atoms with E-state index in [0.29, 0.717) is 11.7 Å². The highest BCUT2D eigenvalue weighted by Gasteiger charge is 2.11. The normalized spacial score (nSPS) is 17.8. The molecular weight excluding hydrogens is 284 g/mol.